The van der Waals surface area contributed by atoms with Gasteiger partial charge in [0.2, 0.25) is 0 Å². The van der Waals surface area contributed by atoms with Crippen LogP contribution in [0.5, 0.6) is 0 Å². The van der Waals surface area contributed by atoms with Crippen LogP contribution < -0.4 is 5.32 Å². The van der Waals surface area contributed by atoms with Gasteiger partial charge in [0.15, 0.2) is 0 Å². The fourth-order valence-corrected chi connectivity index (χ4v) is 6.92. The maximum atomic E-state index is 4.63. The van der Waals surface area contributed by atoms with Crippen molar-refractivity contribution in [3.05, 3.63) is 16.8 Å². The number of hydrogen-bond acceptors (Lipinski definition) is 6. The molecule has 25 heavy (non-hydrogen) atoms. The van der Waals surface area contributed by atoms with E-state index in [0.29, 0.717) is 6.04 Å². The van der Waals surface area contributed by atoms with Crippen LogP contribution in [-0.4, -0.2) is 51.5 Å². The molecule has 2 aromatic heterocycles. The smallest absolute Gasteiger partial charge is 0.138 e. The minimum atomic E-state index is 0.575. The number of thiophene rings is 1. The molecule has 0 spiro atoms. The van der Waals surface area contributed by atoms with Crippen LogP contribution in [0.15, 0.2) is 6.33 Å². The Labute approximate surface area is 157 Å². The molecule has 3 heterocycles. The van der Waals surface area contributed by atoms with Crippen LogP contribution in [0.1, 0.15) is 42.5 Å². The molecule has 4 nitrogen and oxygen atoms in total. The highest BCUT2D eigenvalue weighted by atomic mass is 32.2. The SMILES string of the molecule is c1nc(N[C@H]2CC[C@H](N3CCSCC3)CC2)c2c3c(sc2n1)CCC3. The standard InChI is InChI=1S/C19H26N4S2/c1-2-15-16(3-1)25-19-17(15)18(20-12-21-19)22-13-4-6-14(7-5-13)23-8-10-24-11-9-23/h12-14H,1-11H2,(H,20,21,22)/t13-,14-. The maximum absolute atomic E-state index is 4.63. The number of rotatable bonds is 3. The molecule has 0 radical (unpaired) electrons. The van der Waals surface area contributed by atoms with E-state index in [0.717, 1.165) is 11.9 Å². The zero-order chi connectivity index (χ0) is 16.6. The Kier molecular flexibility index (Phi) is 4.60. The Morgan fingerprint density at radius 1 is 1.04 bits per heavy atom. The summed E-state index contributed by atoms with van der Waals surface area (Å²) in [5, 5.41) is 5.12. The van der Waals surface area contributed by atoms with E-state index in [1.807, 2.05) is 11.3 Å². The topological polar surface area (TPSA) is 41.1 Å². The van der Waals surface area contributed by atoms with Crippen molar-refractivity contribution in [2.75, 3.05) is 29.9 Å². The number of hydrogen-bond donors (Lipinski definition) is 1. The summed E-state index contributed by atoms with van der Waals surface area (Å²) in [6.45, 7) is 2.59. The van der Waals surface area contributed by atoms with Gasteiger partial charge < -0.3 is 5.32 Å². The van der Waals surface area contributed by atoms with E-state index in [1.165, 1.54) is 85.3 Å². The van der Waals surface area contributed by atoms with E-state index in [1.54, 1.807) is 11.2 Å². The van der Waals surface area contributed by atoms with Gasteiger partial charge in [0.05, 0.1) is 5.39 Å². The predicted molar refractivity (Wildman–Crippen MR) is 108 cm³/mol. The van der Waals surface area contributed by atoms with Gasteiger partial charge in [0.25, 0.3) is 0 Å². The zero-order valence-corrected chi connectivity index (χ0v) is 16.3. The summed E-state index contributed by atoms with van der Waals surface area (Å²) in [7, 11) is 0. The van der Waals surface area contributed by atoms with Gasteiger partial charge in [0, 0.05) is 41.6 Å². The minimum absolute atomic E-state index is 0.575. The molecule has 0 bridgehead atoms. The molecule has 1 saturated carbocycles. The molecule has 1 saturated heterocycles. The van der Waals surface area contributed by atoms with Crippen LogP contribution in [0.2, 0.25) is 0 Å². The van der Waals surface area contributed by atoms with Crippen molar-refractivity contribution < 1.29 is 0 Å². The van der Waals surface area contributed by atoms with Crippen molar-refractivity contribution in [3.8, 4) is 0 Å². The van der Waals surface area contributed by atoms with Crippen molar-refractivity contribution in [3.63, 3.8) is 0 Å². The fourth-order valence-electron chi connectivity index (χ4n) is 4.76. The fraction of sp³-hybridized carbons (Fsp3) is 0.684. The molecule has 1 aliphatic heterocycles. The number of nitrogens with zero attached hydrogens (tertiary/aromatic N) is 3. The minimum Gasteiger partial charge on any atom is -0.367 e. The summed E-state index contributed by atoms with van der Waals surface area (Å²) < 4.78 is 0. The highest BCUT2D eigenvalue weighted by Gasteiger charge is 2.28. The largest absolute Gasteiger partial charge is 0.367 e. The van der Waals surface area contributed by atoms with Gasteiger partial charge in [-0.05, 0) is 50.5 Å². The predicted octanol–water partition coefficient (Wildman–Crippen LogP) is 3.95. The van der Waals surface area contributed by atoms with Crippen LogP contribution >= 0.6 is 23.1 Å². The van der Waals surface area contributed by atoms with Gasteiger partial charge in [-0.3, -0.25) is 4.90 Å². The molecule has 1 N–H and O–H groups in total. The van der Waals surface area contributed by atoms with E-state index in [9.17, 15) is 0 Å². The van der Waals surface area contributed by atoms with Crippen LogP contribution in [0.4, 0.5) is 5.82 Å². The van der Waals surface area contributed by atoms with Crippen molar-refractivity contribution in [1.82, 2.24) is 14.9 Å². The number of anilines is 1. The lowest BCUT2D eigenvalue weighted by atomic mass is 9.90. The van der Waals surface area contributed by atoms with Crippen LogP contribution in [-0.2, 0) is 12.8 Å². The molecule has 6 heteroatoms. The van der Waals surface area contributed by atoms with Gasteiger partial charge in [-0.25, -0.2) is 9.97 Å². The first kappa shape index (κ1) is 16.3. The summed E-state index contributed by atoms with van der Waals surface area (Å²) in [6, 6.07) is 1.39. The summed E-state index contributed by atoms with van der Waals surface area (Å²) in [6.07, 6.45) is 10.7. The van der Waals surface area contributed by atoms with Crippen LogP contribution in [0.3, 0.4) is 0 Å². The summed E-state index contributed by atoms with van der Waals surface area (Å²) in [5.41, 5.74) is 1.53. The second-order valence-electron chi connectivity index (χ2n) is 7.56. The first-order valence-corrected chi connectivity index (χ1v) is 11.7. The number of fused-ring (bicyclic) bond motifs is 3. The Morgan fingerprint density at radius 2 is 1.88 bits per heavy atom. The average molecular weight is 375 g/mol. The molecular formula is C19H26N4S2. The van der Waals surface area contributed by atoms with E-state index in [-0.39, 0.29) is 0 Å². The molecule has 2 fully saturated rings. The number of aryl methyl sites for hydroxylation is 2. The molecule has 134 valence electrons. The van der Waals surface area contributed by atoms with E-state index in [4.69, 9.17) is 0 Å². The zero-order valence-electron chi connectivity index (χ0n) is 14.7. The van der Waals surface area contributed by atoms with Crippen LogP contribution in [0.25, 0.3) is 10.2 Å². The molecular weight excluding hydrogens is 348 g/mol. The van der Waals surface area contributed by atoms with Gasteiger partial charge in [0.1, 0.15) is 17.0 Å². The molecule has 5 rings (SSSR count). The quantitative estimate of drug-likeness (QED) is 0.881. The second kappa shape index (κ2) is 7.05. The molecule has 0 atom stereocenters. The number of nitrogens with one attached hydrogen (secondary N) is 1. The van der Waals surface area contributed by atoms with E-state index < -0.39 is 0 Å². The Hall–Kier alpha value is -0.850. The third-order valence-corrected chi connectivity index (χ3v) is 8.24. The Morgan fingerprint density at radius 3 is 2.72 bits per heavy atom. The molecule has 2 aromatic rings. The Bertz CT molecular complexity index is 745. The molecule has 3 aliphatic rings. The molecule has 0 aromatic carbocycles. The summed E-state index contributed by atoms with van der Waals surface area (Å²) >= 11 is 3.99. The molecule has 0 unspecified atom stereocenters. The lowest BCUT2D eigenvalue weighted by Gasteiger charge is -2.39. The third kappa shape index (κ3) is 3.17. The van der Waals surface area contributed by atoms with Gasteiger partial charge in [-0.1, -0.05) is 0 Å². The summed E-state index contributed by atoms with van der Waals surface area (Å²) in [4.78, 5) is 14.6. The lowest BCUT2D eigenvalue weighted by Crippen LogP contribution is -2.44. The first-order chi connectivity index (χ1) is 12.4. The van der Waals surface area contributed by atoms with E-state index >= 15 is 0 Å². The first-order valence-electron chi connectivity index (χ1n) is 9.72. The average Bonchev–Trinajstić information content (AvgIpc) is 3.24. The third-order valence-electron chi connectivity index (χ3n) is 6.10. The highest BCUT2D eigenvalue weighted by molar-refractivity contribution is 7.99. The van der Waals surface area contributed by atoms with Gasteiger partial charge in [-0.2, -0.15) is 11.8 Å². The maximum Gasteiger partial charge on any atom is 0.138 e. The van der Waals surface area contributed by atoms with E-state index in [2.05, 4.69) is 31.9 Å². The lowest BCUT2D eigenvalue weighted by molar-refractivity contribution is 0.167. The molecule has 0 amide bonds. The summed E-state index contributed by atoms with van der Waals surface area (Å²) in [5.74, 6) is 3.74. The van der Waals surface area contributed by atoms with Gasteiger partial charge in [-0.15, -0.1) is 11.3 Å². The van der Waals surface area contributed by atoms with Crippen molar-refractivity contribution in [2.45, 2.75) is 57.0 Å². The number of thioether (sulfide) groups is 1. The van der Waals surface area contributed by atoms with Crippen LogP contribution in [0, 0.1) is 0 Å². The second-order valence-corrected chi connectivity index (χ2v) is 9.87. The number of aromatic nitrogens is 2. The van der Waals surface area contributed by atoms with Gasteiger partial charge >= 0.3 is 0 Å². The molecule has 2 aliphatic carbocycles. The Balaban J connectivity index is 1.28. The van der Waals surface area contributed by atoms with Crippen molar-refractivity contribution in [1.29, 1.82) is 0 Å². The highest BCUT2D eigenvalue weighted by Crippen LogP contribution is 2.39. The van der Waals surface area contributed by atoms with Crippen molar-refractivity contribution >= 4 is 39.1 Å². The normalized spacial score (nSPS) is 27.5. The van der Waals surface area contributed by atoms with Crippen molar-refractivity contribution in [2.24, 2.45) is 0 Å². The monoisotopic (exact) mass is 374 g/mol.